The Labute approximate surface area is 126 Å². The Morgan fingerprint density at radius 1 is 1.00 bits per heavy atom. The van der Waals surface area contributed by atoms with Gasteiger partial charge in [-0.15, -0.1) is 0 Å². The molecule has 2 nitrogen and oxygen atoms in total. The summed E-state index contributed by atoms with van der Waals surface area (Å²) in [4.78, 5) is 0.993. The van der Waals surface area contributed by atoms with Crippen molar-refractivity contribution in [3.63, 3.8) is 0 Å². The van der Waals surface area contributed by atoms with Crippen LogP contribution in [0.5, 0.6) is 0 Å². The molecule has 0 heterocycles. The molecule has 0 atom stereocenters. The quantitative estimate of drug-likeness (QED) is 0.229. The molecule has 5 heteroatoms. The van der Waals surface area contributed by atoms with E-state index >= 15 is 0 Å². The maximum atomic E-state index is 5.64. The van der Waals surface area contributed by atoms with Crippen LogP contribution in [0.3, 0.4) is 0 Å². The van der Waals surface area contributed by atoms with Crippen molar-refractivity contribution in [1.29, 1.82) is 0 Å². The lowest BCUT2D eigenvalue weighted by Gasteiger charge is -2.34. The first-order chi connectivity index (χ1) is 7.84. The highest BCUT2D eigenvalue weighted by Gasteiger charge is 2.32. The molecule has 0 aromatic heterocycles. The molecule has 0 aliphatic rings. The largest absolute Gasteiger partial charge is 1.00 e. The Hall–Kier alpha value is 0.410. The zero-order valence-electron chi connectivity index (χ0n) is 12.9. The molecule has 110 valence electrons. The van der Waals surface area contributed by atoms with E-state index in [4.69, 9.17) is 17.7 Å². The molecule has 0 saturated carbocycles. The third-order valence-electron chi connectivity index (χ3n) is 3.48. The zero-order chi connectivity index (χ0) is 13.6. The third kappa shape index (κ3) is 5.19. The van der Waals surface area contributed by atoms with Gasteiger partial charge in [-0.1, -0.05) is 0 Å². The molecule has 0 amide bonds. The van der Waals surface area contributed by atoms with Crippen molar-refractivity contribution < 1.29 is 12.4 Å². The average molecular weight is 312 g/mol. The van der Waals surface area contributed by atoms with Gasteiger partial charge in [-0.3, -0.25) is 5.01 Å². The lowest BCUT2D eigenvalue weighted by Crippen LogP contribution is -3.00. The van der Waals surface area contributed by atoms with Crippen molar-refractivity contribution in [3.05, 3.63) is 0 Å². The molecular formula is C13H29ClN2PS-. The highest BCUT2D eigenvalue weighted by atomic mass is 35.5. The van der Waals surface area contributed by atoms with E-state index in [2.05, 4.69) is 53.5 Å². The summed E-state index contributed by atoms with van der Waals surface area (Å²) in [5.74, 6) is 0. The normalized spacial score (nSPS) is 12.8. The van der Waals surface area contributed by atoms with Gasteiger partial charge in [0.05, 0.1) is 23.3 Å². The molecule has 0 aromatic carbocycles. The Morgan fingerprint density at radius 3 is 1.56 bits per heavy atom. The van der Waals surface area contributed by atoms with Crippen molar-refractivity contribution in [2.75, 3.05) is 18.5 Å². The highest BCUT2D eigenvalue weighted by molar-refractivity contribution is 8.11. The van der Waals surface area contributed by atoms with Crippen LogP contribution in [0.4, 0.5) is 0 Å². The number of nitrogens with zero attached hydrogens (tertiary/aromatic N) is 2. The van der Waals surface area contributed by atoms with Crippen molar-refractivity contribution >= 4 is 24.7 Å². The molecule has 0 N–H and O–H groups in total. The van der Waals surface area contributed by atoms with Crippen LogP contribution in [0.15, 0.2) is 5.10 Å². The summed E-state index contributed by atoms with van der Waals surface area (Å²) in [6, 6.07) is 0.834. The second-order valence-electron chi connectivity index (χ2n) is 5.04. The first-order valence-corrected chi connectivity index (χ1v) is 9.50. The van der Waals surface area contributed by atoms with E-state index in [1.54, 1.807) is 0 Å². The van der Waals surface area contributed by atoms with Crippen LogP contribution in [-0.2, 0) is 12.6 Å². The van der Waals surface area contributed by atoms with Gasteiger partial charge in [-0.2, -0.15) is 5.10 Å². The number of hydrogen-bond acceptors (Lipinski definition) is 3. The molecule has 18 heavy (non-hydrogen) atoms. The van der Waals surface area contributed by atoms with Crippen LogP contribution in [0.25, 0.3) is 0 Å². The van der Waals surface area contributed by atoms with Crippen LogP contribution >= 0.6 is 7.26 Å². The standard InChI is InChI=1S/C13H29N2PS.ClH/c1-8-16(9-2,10-3)13(17)14-15(11(4)5)12(6)7;/h11-12H,8-10H2,1-7H3;1H/p-1. The molecular weight excluding hydrogens is 283 g/mol. The van der Waals surface area contributed by atoms with Crippen molar-refractivity contribution in [2.45, 2.75) is 60.5 Å². The van der Waals surface area contributed by atoms with Gasteiger partial charge >= 0.3 is 0 Å². The van der Waals surface area contributed by atoms with Gasteiger partial charge in [0.1, 0.15) is 0 Å². The van der Waals surface area contributed by atoms with Crippen LogP contribution in [0, 0.1) is 0 Å². The predicted octanol–water partition coefficient (Wildman–Crippen LogP) is 1.00. The van der Waals surface area contributed by atoms with Crippen molar-refractivity contribution in [2.24, 2.45) is 5.10 Å². The first kappa shape index (κ1) is 20.7. The Kier molecular flexibility index (Phi) is 10.7. The molecule has 0 bridgehead atoms. The molecule has 0 saturated heterocycles. The molecule has 0 aliphatic heterocycles. The summed E-state index contributed by atoms with van der Waals surface area (Å²) in [6.07, 6.45) is 3.56. The monoisotopic (exact) mass is 311 g/mol. The van der Waals surface area contributed by atoms with Crippen molar-refractivity contribution in [3.8, 4) is 0 Å². The van der Waals surface area contributed by atoms with E-state index in [1.807, 2.05) is 0 Å². The molecule has 0 spiro atoms. The minimum absolute atomic E-state index is 0. The van der Waals surface area contributed by atoms with Gasteiger partial charge in [-0.25, -0.2) is 0 Å². The number of halogens is 1. The maximum absolute atomic E-state index is 5.64. The van der Waals surface area contributed by atoms with Gasteiger partial charge in [0.15, 0.2) is 0 Å². The second kappa shape index (κ2) is 9.34. The molecule has 0 radical (unpaired) electrons. The van der Waals surface area contributed by atoms with E-state index in [1.165, 1.54) is 18.5 Å². The summed E-state index contributed by atoms with van der Waals surface area (Å²) in [7, 11) is -1.14. The second-order valence-corrected chi connectivity index (χ2v) is 10.3. The molecule has 0 aliphatic carbocycles. The maximum Gasteiger partial charge on any atom is 0.0611 e. The van der Waals surface area contributed by atoms with Gasteiger partial charge in [-0.05, 0) is 48.5 Å². The molecule has 0 rings (SSSR count). The van der Waals surface area contributed by atoms with E-state index in [-0.39, 0.29) is 12.4 Å². The van der Waals surface area contributed by atoms with Crippen LogP contribution in [-0.4, -0.2) is 40.4 Å². The Morgan fingerprint density at radius 2 is 1.33 bits per heavy atom. The SMILES string of the molecule is CC[P+](CC)(CC)/C([S-])=N\N(C(C)C)C(C)C.[Cl-]. The van der Waals surface area contributed by atoms with Crippen molar-refractivity contribution in [1.82, 2.24) is 5.01 Å². The van der Waals surface area contributed by atoms with E-state index < -0.39 is 7.26 Å². The number of rotatable bonds is 7. The van der Waals surface area contributed by atoms with E-state index in [0.29, 0.717) is 12.1 Å². The van der Waals surface area contributed by atoms with Gasteiger partial charge in [0.25, 0.3) is 0 Å². The topological polar surface area (TPSA) is 15.6 Å². The fourth-order valence-electron chi connectivity index (χ4n) is 2.10. The number of hydrogen-bond donors (Lipinski definition) is 0. The van der Waals surface area contributed by atoms with Gasteiger partial charge < -0.3 is 25.0 Å². The van der Waals surface area contributed by atoms with Crippen LogP contribution in [0.1, 0.15) is 48.5 Å². The lowest BCUT2D eigenvalue weighted by molar-refractivity contribution is -0.00000436. The minimum Gasteiger partial charge on any atom is -1.00 e. The molecule has 0 fully saturated rings. The van der Waals surface area contributed by atoms with Gasteiger partial charge in [0, 0.05) is 19.3 Å². The summed E-state index contributed by atoms with van der Waals surface area (Å²) in [6.45, 7) is 15.5. The van der Waals surface area contributed by atoms with Gasteiger partial charge in [0.2, 0.25) is 0 Å². The average Bonchev–Trinajstić information content (AvgIpc) is 2.28. The van der Waals surface area contributed by atoms with Crippen LogP contribution in [0.2, 0.25) is 0 Å². The Bertz CT molecular complexity index is 237. The van der Waals surface area contributed by atoms with E-state index in [0.717, 1.165) is 4.78 Å². The molecule has 0 unspecified atom stereocenters. The third-order valence-corrected chi connectivity index (χ3v) is 9.26. The minimum atomic E-state index is -1.14. The zero-order valence-corrected chi connectivity index (χ0v) is 15.4. The molecule has 0 aromatic rings. The highest BCUT2D eigenvalue weighted by Crippen LogP contribution is 2.58. The van der Waals surface area contributed by atoms with E-state index in [9.17, 15) is 0 Å². The van der Waals surface area contributed by atoms with Crippen LogP contribution < -0.4 is 12.4 Å². The smallest absolute Gasteiger partial charge is 0.0611 e. The Balaban J connectivity index is 0. The lowest BCUT2D eigenvalue weighted by atomic mass is 10.3. The summed E-state index contributed by atoms with van der Waals surface area (Å²) in [5, 5.41) is 6.93. The number of hydrazone groups is 1. The predicted molar refractivity (Wildman–Crippen MR) is 85.5 cm³/mol. The summed E-state index contributed by atoms with van der Waals surface area (Å²) < 4.78 is 0. The first-order valence-electron chi connectivity index (χ1n) is 6.75. The fraction of sp³-hybridized carbons (Fsp3) is 0.923. The fourth-order valence-corrected chi connectivity index (χ4v) is 5.80. The summed E-state index contributed by atoms with van der Waals surface area (Å²) in [5.41, 5.74) is 0. The summed E-state index contributed by atoms with van der Waals surface area (Å²) >= 11 is 5.64.